The number of hydrogen-bond donors (Lipinski definition) is 1. The number of carbonyl (C=O) groups is 2. The second kappa shape index (κ2) is 14.3. The zero-order chi connectivity index (χ0) is 26.9. The third-order valence-electron chi connectivity index (χ3n) is 6.69. The lowest BCUT2D eigenvalue weighted by molar-refractivity contribution is -0.139. The minimum atomic E-state index is -0.660. The summed E-state index contributed by atoms with van der Waals surface area (Å²) in [5, 5.41) is 4.76. The molecule has 0 spiro atoms. The van der Waals surface area contributed by atoms with Crippen LogP contribution >= 0.6 is 46.6 Å². The maximum Gasteiger partial charge on any atom is 0.243 e. The Morgan fingerprint density at radius 1 is 0.868 bits per heavy atom. The summed E-state index contributed by atoms with van der Waals surface area (Å²) >= 11 is 20.1. The van der Waals surface area contributed by atoms with Gasteiger partial charge in [-0.2, -0.15) is 0 Å². The molecule has 0 bridgehead atoms. The van der Waals surface area contributed by atoms with E-state index in [-0.39, 0.29) is 30.2 Å². The largest absolute Gasteiger partial charge is 0.352 e. The first-order chi connectivity index (χ1) is 18.4. The number of rotatable bonds is 11. The molecule has 4 nitrogen and oxygen atoms in total. The van der Waals surface area contributed by atoms with Crippen LogP contribution in [-0.4, -0.2) is 34.6 Å². The van der Waals surface area contributed by atoms with Crippen molar-refractivity contribution in [1.29, 1.82) is 0 Å². The first kappa shape index (κ1) is 28.8. The summed E-state index contributed by atoms with van der Waals surface area (Å²) in [5.74, 6) is 0.653. The van der Waals surface area contributed by atoms with E-state index in [0.29, 0.717) is 27.2 Å². The number of benzene rings is 3. The van der Waals surface area contributed by atoms with Crippen molar-refractivity contribution >= 4 is 58.4 Å². The molecule has 0 radical (unpaired) electrons. The molecular formula is C30H31Cl3N2O2S. The highest BCUT2D eigenvalue weighted by molar-refractivity contribution is 7.99. The number of halogens is 3. The van der Waals surface area contributed by atoms with E-state index >= 15 is 0 Å². The minimum absolute atomic E-state index is 0.106. The average Bonchev–Trinajstić information content (AvgIpc) is 3.42. The van der Waals surface area contributed by atoms with Gasteiger partial charge in [0.15, 0.2) is 0 Å². The number of thioether (sulfide) groups is 1. The highest BCUT2D eigenvalue weighted by Gasteiger charge is 2.32. The maximum absolute atomic E-state index is 13.8. The molecule has 8 heteroatoms. The van der Waals surface area contributed by atoms with E-state index in [0.717, 1.165) is 42.4 Å². The Morgan fingerprint density at radius 3 is 2.32 bits per heavy atom. The lowest BCUT2D eigenvalue weighted by Crippen LogP contribution is -2.52. The minimum Gasteiger partial charge on any atom is -0.352 e. The van der Waals surface area contributed by atoms with Gasteiger partial charge in [0.2, 0.25) is 11.8 Å². The van der Waals surface area contributed by atoms with E-state index in [9.17, 15) is 9.59 Å². The molecule has 1 aliphatic rings. The molecule has 1 aliphatic carbocycles. The van der Waals surface area contributed by atoms with Crippen LogP contribution < -0.4 is 5.32 Å². The van der Waals surface area contributed by atoms with Crippen LogP contribution in [0.2, 0.25) is 15.1 Å². The van der Waals surface area contributed by atoms with Gasteiger partial charge in [-0.05, 0) is 53.8 Å². The van der Waals surface area contributed by atoms with Crippen molar-refractivity contribution in [2.24, 2.45) is 0 Å². The monoisotopic (exact) mass is 588 g/mol. The van der Waals surface area contributed by atoms with Crippen molar-refractivity contribution in [3.8, 4) is 0 Å². The lowest BCUT2D eigenvalue weighted by atomic mass is 10.0. The topological polar surface area (TPSA) is 49.4 Å². The third-order valence-corrected chi connectivity index (χ3v) is 8.66. The smallest absolute Gasteiger partial charge is 0.243 e. The summed E-state index contributed by atoms with van der Waals surface area (Å²) < 4.78 is 0. The SMILES string of the molecule is O=C(NC1CCCC1)[C@H](Cc1ccccc1)N(Cc1ccc(Cl)c(Cl)c1)C(=O)CSCc1cccc(Cl)c1. The van der Waals surface area contributed by atoms with Crippen LogP contribution in [0.15, 0.2) is 72.8 Å². The zero-order valence-electron chi connectivity index (χ0n) is 21.0. The van der Waals surface area contributed by atoms with E-state index in [2.05, 4.69) is 5.32 Å². The van der Waals surface area contributed by atoms with Gasteiger partial charge in [-0.3, -0.25) is 9.59 Å². The molecule has 1 N–H and O–H groups in total. The fraction of sp³-hybridized carbons (Fsp3) is 0.333. The average molecular weight is 590 g/mol. The van der Waals surface area contributed by atoms with Crippen LogP contribution in [0.3, 0.4) is 0 Å². The van der Waals surface area contributed by atoms with Crippen LogP contribution in [0, 0.1) is 0 Å². The predicted molar refractivity (Wildman–Crippen MR) is 159 cm³/mol. The molecule has 1 atom stereocenters. The highest BCUT2D eigenvalue weighted by atomic mass is 35.5. The molecule has 4 rings (SSSR count). The maximum atomic E-state index is 13.8. The Balaban J connectivity index is 1.58. The van der Waals surface area contributed by atoms with Crippen molar-refractivity contribution < 1.29 is 9.59 Å². The normalized spacial score (nSPS) is 14.3. The molecule has 0 unspecified atom stereocenters. The molecule has 3 aromatic rings. The first-order valence-corrected chi connectivity index (χ1v) is 15.1. The Hall–Kier alpha value is -2.18. The standard InChI is InChI=1S/C30H31Cl3N2O2S/c31-24-10-6-9-23(15-24)19-38-20-29(36)35(18-22-13-14-26(32)27(33)16-22)28(17-21-7-2-1-3-8-21)30(37)34-25-11-4-5-12-25/h1-3,6-10,13-16,25,28H,4-5,11-12,17-20H2,(H,34,37)/t28-/m0/s1. The second-order valence-electron chi connectivity index (χ2n) is 9.59. The Bertz CT molecular complexity index is 1240. The number of nitrogens with one attached hydrogen (secondary N) is 1. The lowest BCUT2D eigenvalue weighted by Gasteiger charge is -2.32. The van der Waals surface area contributed by atoms with Gasteiger partial charge in [0, 0.05) is 29.8 Å². The second-order valence-corrected chi connectivity index (χ2v) is 11.8. The van der Waals surface area contributed by atoms with Gasteiger partial charge in [0.1, 0.15) is 6.04 Å². The van der Waals surface area contributed by atoms with E-state index < -0.39 is 6.04 Å². The van der Waals surface area contributed by atoms with Crippen LogP contribution in [0.25, 0.3) is 0 Å². The Morgan fingerprint density at radius 2 is 1.61 bits per heavy atom. The summed E-state index contributed by atoms with van der Waals surface area (Å²) in [7, 11) is 0. The molecule has 0 aliphatic heterocycles. The van der Waals surface area contributed by atoms with Crippen molar-refractivity contribution in [1.82, 2.24) is 10.2 Å². The highest BCUT2D eigenvalue weighted by Crippen LogP contribution is 2.26. The quantitative estimate of drug-likeness (QED) is 0.251. The fourth-order valence-corrected chi connectivity index (χ4v) is 6.11. The summed E-state index contributed by atoms with van der Waals surface area (Å²) in [5.41, 5.74) is 2.86. The van der Waals surface area contributed by atoms with Crippen LogP contribution in [-0.2, 0) is 28.3 Å². The predicted octanol–water partition coefficient (Wildman–Crippen LogP) is 7.58. The van der Waals surface area contributed by atoms with Gasteiger partial charge >= 0.3 is 0 Å². The number of carbonyl (C=O) groups excluding carboxylic acids is 2. The van der Waals surface area contributed by atoms with Crippen LogP contribution in [0.4, 0.5) is 0 Å². The van der Waals surface area contributed by atoms with E-state index in [1.54, 1.807) is 17.0 Å². The fourth-order valence-electron chi connectivity index (χ4n) is 4.72. The molecule has 2 amide bonds. The molecule has 1 fully saturated rings. The summed E-state index contributed by atoms with van der Waals surface area (Å²) in [4.78, 5) is 29.2. The third kappa shape index (κ3) is 8.41. The van der Waals surface area contributed by atoms with Crippen molar-refractivity contribution in [3.63, 3.8) is 0 Å². The van der Waals surface area contributed by atoms with Crippen LogP contribution in [0.5, 0.6) is 0 Å². The van der Waals surface area contributed by atoms with Crippen molar-refractivity contribution in [3.05, 3.63) is 105 Å². The van der Waals surface area contributed by atoms with Gasteiger partial charge < -0.3 is 10.2 Å². The molecule has 0 saturated heterocycles. The summed E-state index contributed by atoms with van der Waals surface area (Å²) in [6.07, 6.45) is 4.59. The summed E-state index contributed by atoms with van der Waals surface area (Å²) in [6, 6.07) is 22.3. The molecule has 200 valence electrons. The van der Waals surface area contributed by atoms with Crippen molar-refractivity contribution in [2.75, 3.05) is 5.75 Å². The molecule has 0 aromatic heterocycles. The molecule has 38 heavy (non-hydrogen) atoms. The van der Waals surface area contributed by atoms with Crippen LogP contribution in [0.1, 0.15) is 42.4 Å². The van der Waals surface area contributed by atoms with Gasteiger partial charge in [0.25, 0.3) is 0 Å². The molecule has 3 aromatic carbocycles. The summed E-state index contributed by atoms with van der Waals surface area (Å²) in [6.45, 7) is 0.253. The molecule has 1 saturated carbocycles. The number of hydrogen-bond acceptors (Lipinski definition) is 3. The Kier molecular flexibility index (Phi) is 10.8. The van der Waals surface area contributed by atoms with Crippen molar-refractivity contribution in [2.45, 2.75) is 56.5 Å². The van der Waals surface area contributed by atoms with E-state index in [1.165, 1.54) is 11.8 Å². The first-order valence-electron chi connectivity index (χ1n) is 12.8. The van der Waals surface area contributed by atoms with Gasteiger partial charge in [-0.1, -0.05) is 96.2 Å². The molecular weight excluding hydrogens is 559 g/mol. The van der Waals surface area contributed by atoms with E-state index in [4.69, 9.17) is 34.8 Å². The van der Waals surface area contributed by atoms with E-state index in [1.807, 2.05) is 60.7 Å². The Labute approximate surface area is 244 Å². The van der Waals surface area contributed by atoms with Gasteiger partial charge in [-0.25, -0.2) is 0 Å². The zero-order valence-corrected chi connectivity index (χ0v) is 24.1. The van der Waals surface area contributed by atoms with Gasteiger partial charge in [0.05, 0.1) is 15.8 Å². The molecule has 0 heterocycles. The van der Waals surface area contributed by atoms with Gasteiger partial charge in [-0.15, -0.1) is 11.8 Å². The number of amides is 2. The number of nitrogens with zero attached hydrogens (tertiary/aromatic N) is 1.